The number of nitrogens with zero attached hydrogens (tertiary/aromatic N) is 2. The van der Waals surface area contributed by atoms with Crippen LogP contribution in [0, 0.1) is 5.92 Å². The van der Waals surface area contributed by atoms with Crippen LogP contribution >= 0.6 is 36.2 Å². The number of hydrogen-bond acceptors (Lipinski definition) is 5. The van der Waals surface area contributed by atoms with Gasteiger partial charge in [0.1, 0.15) is 0 Å². The second kappa shape index (κ2) is 8.79. The molecule has 8 heteroatoms. The van der Waals surface area contributed by atoms with Gasteiger partial charge in [-0.3, -0.25) is 9.69 Å². The molecule has 2 atom stereocenters. The molecule has 5 nitrogen and oxygen atoms in total. The summed E-state index contributed by atoms with van der Waals surface area (Å²) in [4.78, 5) is 17.8. The van der Waals surface area contributed by atoms with Gasteiger partial charge in [-0.25, -0.2) is 4.98 Å². The maximum atomic E-state index is 10.9. The van der Waals surface area contributed by atoms with E-state index in [9.17, 15) is 4.79 Å². The van der Waals surface area contributed by atoms with Crippen LogP contribution in [0.4, 0.5) is 5.13 Å². The van der Waals surface area contributed by atoms with Crippen molar-refractivity contribution in [2.24, 2.45) is 11.7 Å². The van der Waals surface area contributed by atoms with Crippen molar-refractivity contribution < 1.29 is 4.79 Å². The van der Waals surface area contributed by atoms with Gasteiger partial charge in [-0.2, -0.15) is 0 Å². The van der Waals surface area contributed by atoms with Gasteiger partial charge in [0.25, 0.3) is 0 Å². The van der Waals surface area contributed by atoms with Gasteiger partial charge in [-0.05, 0) is 25.8 Å². The molecule has 1 aliphatic heterocycles. The number of amides is 1. The van der Waals surface area contributed by atoms with Gasteiger partial charge in [0.05, 0.1) is 5.69 Å². The van der Waals surface area contributed by atoms with Gasteiger partial charge in [0, 0.05) is 31.4 Å². The van der Waals surface area contributed by atoms with E-state index in [1.165, 1.54) is 24.7 Å². The molecule has 116 valence electrons. The molecule has 1 aliphatic rings. The average Bonchev–Trinajstić information content (AvgIpc) is 2.86. The van der Waals surface area contributed by atoms with E-state index >= 15 is 0 Å². The number of nitrogens with one attached hydrogen (secondary N) is 1. The topological polar surface area (TPSA) is 71.2 Å². The van der Waals surface area contributed by atoms with E-state index in [2.05, 4.69) is 22.1 Å². The number of thiazole rings is 1. The van der Waals surface area contributed by atoms with Gasteiger partial charge < -0.3 is 11.1 Å². The number of carbonyl (C=O) groups is 1. The zero-order valence-corrected chi connectivity index (χ0v) is 14.1. The summed E-state index contributed by atoms with van der Waals surface area (Å²) in [6.45, 7) is 6.37. The van der Waals surface area contributed by atoms with Gasteiger partial charge in [-0.15, -0.1) is 36.2 Å². The number of anilines is 1. The molecule has 0 radical (unpaired) electrons. The van der Waals surface area contributed by atoms with Crippen molar-refractivity contribution in [2.75, 3.05) is 18.4 Å². The van der Waals surface area contributed by atoms with E-state index < -0.39 is 0 Å². The molecular formula is C12H22Cl2N4OS. The summed E-state index contributed by atoms with van der Waals surface area (Å²) in [5, 5.41) is 5.40. The van der Waals surface area contributed by atoms with Crippen LogP contribution in [0.2, 0.25) is 0 Å². The van der Waals surface area contributed by atoms with Crippen LogP contribution in [0.25, 0.3) is 0 Å². The molecule has 20 heavy (non-hydrogen) atoms. The lowest BCUT2D eigenvalue weighted by atomic mass is 10.1. The third kappa shape index (κ3) is 5.18. The van der Waals surface area contributed by atoms with Crippen LogP contribution in [0.15, 0.2) is 5.38 Å². The number of carbonyl (C=O) groups excluding carboxylic acids is 1. The van der Waals surface area contributed by atoms with Gasteiger partial charge in [-0.1, -0.05) is 0 Å². The second-order valence-electron chi connectivity index (χ2n) is 4.94. The summed E-state index contributed by atoms with van der Waals surface area (Å²) in [5.41, 5.74) is 6.74. The molecule has 0 bridgehead atoms. The van der Waals surface area contributed by atoms with E-state index in [0.29, 0.717) is 17.1 Å². The molecule has 0 saturated carbocycles. The monoisotopic (exact) mass is 340 g/mol. The highest BCUT2D eigenvalue weighted by atomic mass is 35.5. The molecule has 0 aliphatic carbocycles. The lowest BCUT2D eigenvalue weighted by Crippen LogP contribution is -2.27. The standard InChI is InChI=1S/C12H20N4OS.2ClH/c1-8-3-10(4-13)5-16(8)6-11-7-18-12(15-11)14-9(2)17;;/h7-8,10H,3-6,13H2,1-2H3,(H,14,15,17);2*1H. The van der Waals surface area contributed by atoms with E-state index in [-0.39, 0.29) is 30.7 Å². The Morgan fingerprint density at radius 2 is 2.30 bits per heavy atom. The van der Waals surface area contributed by atoms with Crippen LogP contribution in [-0.2, 0) is 11.3 Å². The third-order valence-corrected chi connectivity index (χ3v) is 4.13. The zero-order valence-electron chi connectivity index (χ0n) is 11.7. The molecule has 1 fully saturated rings. The second-order valence-corrected chi connectivity index (χ2v) is 5.80. The van der Waals surface area contributed by atoms with Crippen molar-refractivity contribution in [3.05, 3.63) is 11.1 Å². The van der Waals surface area contributed by atoms with Crippen LogP contribution in [0.1, 0.15) is 26.0 Å². The molecule has 0 aromatic carbocycles. The smallest absolute Gasteiger partial charge is 0.223 e. The first kappa shape index (κ1) is 19.6. The first-order valence-corrected chi connectivity index (χ1v) is 7.12. The van der Waals surface area contributed by atoms with Crippen LogP contribution in [0.3, 0.4) is 0 Å². The Labute approximate surface area is 136 Å². The lowest BCUT2D eigenvalue weighted by molar-refractivity contribution is -0.114. The van der Waals surface area contributed by atoms with Crippen molar-refractivity contribution in [1.82, 2.24) is 9.88 Å². The highest BCUT2D eigenvalue weighted by molar-refractivity contribution is 7.13. The normalized spacial score (nSPS) is 21.9. The Bertz CT molecular complexity index is 429. The first-order chi connectivity index (χ1) is 8.58. The summed E-state index contributed by atoms with van der Waals surface area (Å²) >= 11 is 1.47. The molecule has 2 heterocycles. The number of likely N-dealkylation sites (tertiary alicyclic amines) is 1. The molecule has 1 amide bonds. The third-order valence-electron chi connectivity index (χ3n) is 3.32. The van der Waals surface area contributed by atoms with Crippen LogP contribution in [0.5, 0.6) is 0 Å². The number of nitrogens with two attached hydrogens (primary N) is 1. The molecule has 1 aromatic heterocycles. The van der Waals surface area contributed by atoms with E-state index in [0.717, 1.165) is 25.3 Å². The summed E-state index contributed by atoms with van der Waals surface area (Å²) in [6.07, 6.45) is 1.17. The fraction of sp³-hybridized carbons (Fsp3) is 0.667. The predicted molar refractivity (Wildman–Crippen MR) is 87.9 cm³/mol. The Kier molecular flexibility index (Phi) is 8.62. The van der Waals surface area contributed by atoms with Crippen LogP contribution in [-0.4, -0.2) is 34.9 Å². The number of aromatic nitrogens is 1. The van der Waals surface area contributed by atoms with Crippen molar-refractivity contribution >= 4 is 47.2 Å². The quantitative estimate of drug-likeness (QED) is 0.880. The van der Waals surface area contributed by atoms with Crippen LogP contribution < -0.4 is 11.1 Å². The molecule has 3 N–H and O–H groups in total. The van der Waals surface area contributed by atoms with E-state index in [1.807, 2.05) is 5.38 Å². The van der Waals surface area contributed by atoms with Gasteiger partial charge in [0.15, 0.2) is 5.13 Å². The first-order valence-electron chi connectivity index (χ1n) is 6.24. The van der Waals surface area contributed by atoms with Crippen molar-refractivity contribution in [3.63, 3.8) is 0 Å². The minimum Gasteiger partial charge on any atom is -0.330 e. The highest BCUT2D eigenvalue weighted by Crippen LogP contribution is 2.25. The van der Waals surface area contributed by atoms with E-state index in [4.69, 9.17) is 5.73 Å². The SMILES string of the molecule is CC(=O)Nc1nc(CN2CC(CN)CC2C)cs1.Cl.Cl. The number of halogens is 2. The van der Waals surface area contributed by atoms with Gasteiger partial charge >= 0.3 is 0 Å². The summed E-state index contributed by atoms with van der Waals surface area (Å²) in [5.74, 6) is 0.530. The molecular weight excluding hydrogens is 319 g/mol. The van der Waals surface area contributed by atoms with Crippen molar-refractivity contribution in [1.29, 1.82) is 0 Å². The Balaban J connectivity index is 0.00000180. The van der Waals surface area contributed by atoms with E-state index in [1.54, 1.807) is 0 Å². The minimum absolute atomic E-state index is 0. The Morgan fingerprint density at radius 1 is 1.60 bits per heavy atom. The Hall–Kier alpha value is -0.400. The largest absolute Gasteiger partial charge is 0.330 e. The molecule has 1 saturated heterocycles. The molecule has 2 unspecified atom stereocenters. The summed E-state index contributed by atoms with van der Waals surface area (Å²) in [7, 11) is 0. The zero-order chi connectivity index (χ0) is 13.1. The minimum atomic E-state index is -0.0753. The highest BCUT2D eigenvalue weighted by Gasteiger charge is 2.28. The summed E-state index contributed by atoms with van der Waals surface area (Å²) in [6, 6.07) is 0.560. The maximum Gasteiger partial charge on any atom is 0.223 e. The maximum absolute atomic E-state index is 10.9. The predicted octanol–water partition coefficient (Wildman–Crippen LogP) is 2.11. The fourth-order valence-electron chi connectivity index (χ4n) is 2.40. The van der Waals surface area contributed by atoms with Crippen molar-refractivity contribution in [2.45, 2.75) is 32.9 Å². The Morgan fingerprint density at radius 3 is 2.85 bits per heavy atom. The number of hydrogen-bond donors (Lipinski definition) is 2. The fourth-order valence-corrected chi connectivity index (χ4v) is 3.15. The number of rotatable bonds is 4. The lowest BCUT2D eigenvalue weighted by Gasteiger charge is -2.19. The molecule has 1 aromatic rings. The average molecular weight is 341 g/mol. The molecule has 0 spiro atoms. The van der Waals surface area contributed by atoms with Gasteiger partial charge in [0.2, 0.25) is 5.91 Å². The van der Waals surface area contributed by atoms with Crippen molar-refractivity contribution in [3.8, 4) is 0 Å². The summed E-state index contributed by atoms with van der Waals surface area (Å²) < 4.78 is 0. The molecule has 2 rings (SSSR count).